The molecule has 0 aliphatic rings. The highest BCUT2D eigenvalue weighted by Crippen LogP contribution is 2.17. The molecule has 0 amide bonds. The van der Waals surface area contributed by atoms with Gasteiger partial charge in [-0.25, -0.2) is 14.8 Å². The van der Waals surface area contributed by atoms with Gasteiger partial charge in [0.1, 0.15) is 0 Å². The maximum Gasteiger partial charge on any atom is 0.420 e. The Bertz CT molecular complexity index is 1140. The molecular weight excluding hydrogens is 342 g/mol. The topological polar surface area (TPSA) is 78.7 Å². The van der Waals surface area contributed by atoms with E-state index in [-0.39, 0.29) is 6.54 Å². The van der Waals surface area contributed by atoms with E-state index in [9.17, 15) is 4.79 Å². The number of fused-ring (bicyclic) bond motifs is 1. The number of aryl methyl sites for hydroxylation is 1. The fourth-order valence-electron chi connectivity index (χ4n) is 3.07. The largest absolute Gasteiger partial charge is 0.420 e. The summed E-state index contributed by atoms with van der Waals surface area (Å²) in [5.74, 6) is 2.08. The van der Waals surface area contributed by atoms with E-state index in [1.807, 2.05) is 43.3 Å². The first-order valence-corrected chi connectivity index (χ1v) is 8.97. The number of hydrogen-bond donors (Lipinski definition) is 0. The monoisotopic (exact) mass is 363 g/mol. The Kier molecular flexibility index (Phi) is 4.35. The maximum atomic E-state index is 12.4. The number of benzene rings is 1. The van der Waals surface area contributed by atoms with Crippen LogP contribution >= 0.6 is 0 Å². The zero-order valence-corrected chi connectivity index (χ0v) is 15.6. The molecule has 1 aromatic carbocycles. The standard InChI is InChI=1S/C20H21N5O2/c1-13(2)10-17-22-19(25(23-17)18-6-4-5-9-21-18)12-24-15-11-14(3)7-8-16(15)27-20(24)26/h4-9,11,13H,10,12H2,1-3H3. The van der Waals surface area contributed by atoms with Crippen molar-refractivity contribution in [2.75, 3.05) is 0 Å². The van der Waals surface area contributed by atoms with Crippen molar-refractivity contribution in [2.24, 2.45) is 5.92 Å². The summed E-state index contributed by atoms with van der Waals surface area (Å²) in [6.45, 7) is 6.49. The predicted octanol–water partition coefficient (Wildman–Crippen LogP) is 3.13. The molecule has 0 aliphatic heterocycles. The molecule has 3 aromatic heterocycles. The van der Waals surface area contributed by atoms with Crippen LogP contribution in [0, 0.1) is 12.8 Å². The van der Waals surface area contributed by atoms with Crippen molar-refractivity contribution in [3.05, 3.63) is 70.4 Å². The molecule has 3 heterocycles. The number of nitrogens with zero attached hydrogens (tertiary/aromatic N) is 5. The van der Waals surface area contributed by atoms with Gasteiger partial charge in [0.05, 0.1) is 12.1 Å². The van der Waals surface area contributed by atoms with Gasteiger partial charge in [-0.3, -0.25) is 4.57 Å². The summed E-state index contributed by atoms with van der Waals surface area (Å²) in [4.78, 5) is 21.5. The van der Waals surface area contributed by atoms with Gasteiger partial charge in [0.25, 0.3) is 0 Å². The van der Waals surface area contributed by atoms with Crippen molar-refractivity contribution in [3.63, 3.8) is 0 Å². The van der Waals surface area contributed by atoms with E-state index in [4.69, 9.17) is 4.42 Å². The van der Waals surface area contributed by atoms with Crippen molar-refractivity contribution in [2.45, 2.75) is 33.7 Å². The van der Waals surface area contributed by atoms with Crippen molar-refractivity contribution < 1.29 is 4.42 Å². The highest BCUT2D eigenvalue weighted by Gasteiger charge is 2.17. The minimum absolute atomic E-state index is 0.261. The van der Waals surface area contributed by atoms with Crippen LogP contribution in [0.1, 0.15) is 31.1 Å². The molecule has 27 heavy (non-hydrogen) atoms. The van der Waals surface area contributed by atoms with Crippen LogP contribution in [0.15, 0.2) is 51.8 Å². The third-order valence-electron chi connectivity index (χ3n) is 4.30. The van der Waals surface area contributed by atoms with Crippen LogP contribution in [-0.4, -0.2) is 24.3 Å². The fourth-order valence-corrected chi connectivity index (χ4v) is 3.07. The van der Waals surface area contributed by atoms with E-state index in [2.05, 4.69) is 28.9 Å². The van der Waals surface area contributed by atoms with Crippen LogP contribution in [-0.2, 0) is 13.0 Å². The second-order valence-electron chi connectivity index (χ2n) is 7.07. The van der Waals surface area contributed by atoms with Gasteiger partial charge < -0.3 is 4.42 Å². The van der Waals surface area contributed by atoms with Crippen molar-refractivity contribution in [3.8, 4) is 5.82 Å². The molecule has 0 N–H and O–H groups in total. The smallest absolute Gasteiger partial charge is 0.408 e. The second-order valence-corrected chi connectivity index (χ2v) is 7.07. The van der Waals surface area contributed by atoms with Crippen LogP contribution in [0.25, 0.3) is 16.9 Å². The summed E-state index contributed by atoms with van der Waals surface area (Å²) >= 11 is 0. The predicted molar refractivity (Wildman–Crippen MR) is 102 cm³/mol. The molecule has 0 unspecified atom stereocenters. The average Bonchev–Trinajstić information content (AvgIpc) is 3.17. The van der Waals surface area contributed by atoms with Crippen molar-refractivity contribution in [1.82, 2.24) is 24.3 Å². The van der Waals surface area contributed by atoms with Gasteiger partial charge in [-0.05, 0) is 42.7 Å². The van der Waals surface area contributed by atoms with Gasteiger partial charge in [-0.1, -0.05) is 26.0 Å². The van der Waals surface area contributed by atoms with Crippen LogP contribution in [0.4, 0.5) is 0 Å². The first-order valence-electron chi connectivity index (χ1n) is 8.97. The lowest BCUT2D eigenvalue weighted by atomic mass is 10.1. The van der Waals surface area contributed by atoms with E-state index in [0.717, 1.165) is 23.3 Å². The van der Waals surface area contributed by atoms with Crippen LogP contribution in [0.2, 0.25) is 0 Å². The maximum absolute atomic E-state index is 12.4. The SMILES string of the molecule is Cc1ccc2oc(=O)n(Cc3nc(CC(C)C)nn3-c3ccccn3)c2c1. The molecule has 7 heteroatoms. The summed E-state index contributed by atoms with van der Waals surface area (Å²) in [7, 11) is 0. The number of aromatic nitrogens is 5. The molecule has 0 fully saturated rings. The number of hydrogen-bond acceptors (Lipinski definition) is 5. The van der Waals surface area contributed by atoms with Gasteiger partial charge in [-0.15, -0.1) is 5.10 Å². The second kappa shape index (κ2) is 6.83. The third-order valence-corrected chi connectivity index (χ3v) is 4.30. The molecule has 4 aromatic rings. The highest BCUT2D eigenvalue weighted by molar-refractivity contribution is 5.73. The Morgan fingerprint density at radius 1 is 1.19 bits per heavy atom. The number of oxazole rings is 1. The lowest BCUT2D eigenvalue weighted by Gasteiger charge is -2.05. The Labute approximate surface area is 156 Å². The Balaban J connectivity index is 1.82. The lowest BCUT2D eigenvalue weighted by molar-refractivity contribution is 0.511. The first kappa shape index (κ1) is 17.2. The third kappa shape index (κ3) is 3.40. The van der Waals surface area contributed by atoms with E-state index in [1.54, 1.807) is 15.4 Å². The minimum Gasteiger partial charge on any atom is -0.408 e. The van der Waals surface area contributed by atoms with E-state index < -0.39 is 5.76 Å². The lowest BCUT2D eigenvalue weighted by Crippen LogP contribution is -2.18. The average molecular weight is 363 g/mol. The molecule has 0 atom stereocenters. The van der Waals surface area contributed by atoms with E-state index >= 15 is 0 Å². The van der Waals surface area contributed by atoms with Crippen LogP contribution < -0.4 is 5.76 Å². The zero-order valence-electron chi connectivity index (χ0n) is 15.6. The molecule has 4 rings (SSSR count). The normalized spacial score (nSPS) is 11.6. The highest BCUT2D eigenvalue weighted by atomic mass is 16.4. The quantitative estimate of drug-likeness (QED) is 0.544. The Hall–Kier alpha value is -3.22. The Morgan fingerprint density at radius 2 is 2.04 bits per heavy atom. The Morgan fingerprint density at radius 3 is 2.78 bits per heavy atom. The molecular formula is C20H21N5O2. The molecule has 0 aliphatic carbocycles. The fraction of sp³-hybridized carbons (Fsp3) is 0.300. The summed E-state index contributed by atoms with van der Waals surface area (Å²) in [6, 6.07) is 11.3. The first-order chi connectivity index (χ1) is 13.0. The van der Waals surface area contributed by atoms with Gasteiger partial charge in [0, 0.05) is 12.6 Å². The molecule has 0 spiro atoms. The molecule has 0 saturated heterocycles. The molecule has 138 valence electrons. The van der Waals surface area contributed by atoms with Gasteiger partial charge in [-0.2, -0.15) is 4.68 Å². The minimum atomic E-state index is -0.406. The summed E-state index contributed by atoms with van der Waals surface area (Å²) in [5.41, 5.74) is 2.38. The number of rotatable bonds is 5. The number of pyridine rings is 1. The zero-order chi connectivity index (χ0) is 19.0. The summed E-state index contributed by atoms with van der Waals surface area (Å²) in [5, 5.41) is 4.63. The van der Waals surface area contributed by atoms with Gasteiger partial charge in [0.2, 0.25) is 0 Å². The van der Waals surface area contributed by atoms with Gasteiger partial charge in [0.15, 0.2) is 23.0 Å². The summed E-state index contributed by atoms with van der Waals surface area (Å²) < 4.78 is 8.67. The van der Waals surface area contributed by atoms with E-state index in [0.29, 0.717) is 23.1 Å². The van der Waals surface area contributed by atoms with Crippen molar-refractivity contribution >= 4 is 11.1 Å². The molecule has 0 bridgehead atoms. The molecule has 0 saturated carbocycles. The van der Waals surface area contributed by atoms with Crippen molar-refractivity contribution in [1.29, 1.82) is 0 Å². The van der Waals surface area contributed by atoms with Crippen LogP contribution in [0.5, 0.6) is 0 Å². The summed E-state index contributed by atoms with van der Waals surface area (Å²) in [6.07, 6.45) is 2.47. The molecule has 7 nitrogen and oxygen atoms in total. The van der Waals surface area contributed by atoms with Crippen LogP contribution in [0.3, 0.4) is 0 Å². The van der Waals surface area contributed by atoms with Gasteiger partial charge >= 0.3 is 5.76 Å². The molecule has 0 radical (unpaired) electrons. The van der Waals surface area contributed by atoms with E-state index in [1.165, 1.54) is 0 Å².